The molecule has 0 atom stereocenters. The van der Waals surface area contributed by atoms with Crippen LogP contribution in [-0.2, 0) is 15.7 Å². The molecule has 132 valence electrons. The number of ether oxygens (including phenoxy) is 1. The van der Waals surface area contributed by atoms with E-state index in [1.54, 1.807) is 0 Å². The van der Waals surface area contributed by atoms with E-state index >= 15 is 0 Å². The van der Waals surface area contributed by atoms with Gasteiger partial charge in [-0.25, -0.2) is 8.42 Å². The van der Waals surface area contributed by atoms with Crippen LogP contribution >= 0.6 is 0 Å². The van der Waals surface area contributed by atoms with Gasteiger partial charge in [-0.05, 0) is 56.9 Å². The van der Waals surface area contributed by atoms with Gasteiger partial charge in [-0.15, -0.1) is 0 Å². The van der Waals surface area contributed by atoms with E-state index < -0.39 is 9.84 Å². The summed E-state index contributed by atoms with van der Waals surface area (Å²) in [6.07, 6.45) is 3.27. The van der Waals surface area contributed by atoms with Crippen molar-refractivity contribution in [3.63, 3.8) is 0 Å². The summed E-state index contributed by atoms with van der Waals surface area (Å²) in [5.74, 6) is 1.44. The maximum atomic E-state index is 11.6. The fourth-order valence-electron chi connectivity index (χ4n) is 2.93. The molecule has 0 bridgehead atoms. The molecule has 1 heterocycles. The van der Waals surface area contributed by atoms with Crippen molar-refractivity contribution in [3.05, 3.63) is 40.2 Å². The predicted octanol–water partition coefficient (Wildman–Crippen LogP) is 3.35. The lowest BCUT2D eigenvalue weighted by Gasteiger charge is -2.10. The van der Waals surface area contributed by atoms with Gasteiger partial charge in [0, 0.05) is 12.2 Å². The summed E-state index contributed by atoms with van der Waals surface area (Å²) in [6, 6.07) is 5.85. The second-order valence-corrected chi connectivity index (χ2v) is 8.88. The maximum Gasteiger partial charge on any atom is 0.171 e. The van der Waals surface area contributed by atoms with Crippen LogP contribution in [0.25, 0.3) is 0 Å². The van der Waals surface area contributed by atoms with Crippen molar-refractivity contribution in [2.75, 3.05) is 6.26 Å². The molecule has 1 aliphatic rings. The highest BCUT2D eigenvalue weighted by atomic mass is 32.2. The number of rotatable bonds is 5. The standard InChI is InChI=1S/C18H21N3O3S/c1-11-7-15(8-12(2)16(11)9-19)24-18-13(3)21(10-25(4,22)23)20-17(18)14-5-6-14/h7-8,14H,5-6,10H2,1-4H3. The zero-order chi connectivity index (χ0) is 18.4. The van der Waals surface area contributed by atoms with Crippen molar-refractivity contribution >= 4 is 9.84 Å². The minimum absolute atomic E-state index is 0.159. The Bertz CT molecular complexity index is 957. The smallest absolute Gasteiger partial charge is 0.171 e. The van der Waals surface area contributed by atoms with Crippen LogP contribution in [0.15, 0.2) is 12.1 Å². The highest BCUT2D eigenvalue weighted by Gasteiger charge is 2.32. The van der Waals surface area contributed by atoms with Crippen molar-refractivity contribution in [2.45, 2.75) is 45.4 Å². The number of nitrogens with zero attached hydrogens (tertiary/aromatic N) is 3. The molecule has 0 unspecified atom stereocenters. The van der Waals surface area contributed by atoms with E-state index in [2.05, 4.69) is 11.2 Å². The van der Waals surface area contributed by atoms with E-state index in [4.69, 9.17) is 4.74 Å². The molecule has 1 fully saturated rings. The van der Waals surface area contributed by atoms with Gasteiger partial charge >= 0.3 is 0 Å². The maximum absolute atomic E-state index is 11.6. The molecule has 7 heteroatoms. The Labute approximate surface area is 148 Å². The van der Waals surface area contributed by atoms with Gasteiger partial charge in [0.15, 0.2) is 15.6 Å². The first-order valence-electron chi connectivity index (χ1n) is 8.14. The van der Waals surface area contributed by atoms with Crippen LogP contribution in [0.1, 0.15) is 46.8 Å². The molecular formula is C18H21N3O3S. The third-order valence-electron chi connectivity index (χ3n) is 4.34. The van der Waals surface area contributed by atoms with Gasteiger partial charge < -0.3 is 4.74 Å². The summed E-state index contributed by atoms with van der Waals surface area (Å²) in [5, 5.41) is 13.7. The Hall–Kier alpha value is -2.33. The Morgan fingerprint density at radius 1 is 1.28 bits per heavy atom. The van der Waals surface area contributed by atoms with Gasteiger partial charge in [-0.3, -0.25) is 4.68 Å². The van der Waals surface area contributed by atoms with Crippen LogP contribution in [0.3, 0.4) is 0 Å². The average Bonchev–Trinajstić information content (AvgIpc) is 3.28. The van der Waals surface area contributed by atoms with Crippen LogP contribution in [0.2, 0.25) is 0 Å². The summed E-state index contributed by atoms with van der Waals surface area (Å²) in [5.41, 5.74) is 3.88. The number of nitriles is 1. The second-order valence-electron chi connectivity index (χ2n) is 6.77. The molecule has 1 aromatic carbocycles. The molecule has 1 saturated carbocycles. The molecule has 0 saturated heterocycles. The predicted molar refractivity (Wildman–Crippen MR) is 94.5 cm³/mol. The van der Waals surface area contributed by atoms with E-state index in [9.17, 15) is 13.7 Å². The van der Waals surface area contributed by atoms with Crippen LogP contribution in [0.5, 0.6) is 11.5 Å². The zero-order valence-corrected chi connectivity index (χ0v) is 15.6. The largest absolute Gasteiger partial charge is 0.453 e. The van der Waals surface area contributed by atoms with E-state index in [1.165, 1.54) is 10.9 Å². The van der Waals surface area contributed by atoms with Gasteiger partial charge in [0.2, 0.25) is 0 Å². The molecule has 1 aromatic heterocycles. The van der Waals surface area contributed by atoms with Gasteiger partial charge in [-0.2, -0.15) is 10.4 Å². The highest BCUT2D eigenvalue weighted by molar-refractivity contribution is 7.89. The highest BCUT2D eigenvalue weighted by Crippen LogP contribution is 2.46. The first-order valence-corrected chi connectivity index (χ1v) is 10.2. The topological polar surface area (TPSA) is 85.0 Å². The number of aromatic nitrogens is 2. The third kappa shape index (κ3) is 3.69. The van der Waals surface area contributed by atoms with Crippen LogP contribution < -0.4 is 4.74 Å². The van der Waals surface area contributed by atoms with Crippen molar-refractivity contribution in [3.8, 4) is 17.6 Å². The molecular weight excluding hydrogens is 338 g/mol. The number of sulfone groups is 1. The number of hydrogen-bond acceptors (Lipinski definition) is 5. The van der Waals surface area contributed by atoms with Crippen LogP contribution in [0.4, 0.5) is 0 Å². The third-order valence-corrected chi connectivity index (χ3v) is 5.05. The summed E-state index contributed by atoms with van der Waals surface area (Å²) in [6.45, 7) is 5.57. The van der Waals surface area contributed by atoms with E-state index in [0.29, 0.717) is 28.7 Å². The first-order chi connectivity index (χ1) is 11.7. The fourth-order valence-corrected chi connectivity index (χ4v) is 3.62. The Morgan fingerprint density at radius 2 is 1.88 bits per heavy atom. The van der Waals surface area contributed by atoms with Crippen LogP contribution in [0, 0.1) is 32.1 Å². The Balaban J connectivity index is 2.01. The number of benzene rings is 1. The fraction of sp³-hybridized carbons (Fsp3) is 0.444. The summed E-state index contributed by atoms with van der Waals surface area (Å²) in [7, 11) is -3.19. The molecule has 3 rings (SSSR count). The Morgan fingerprint density at radius 3 is 2.36 bits per heavy atom. The molecule has 0 radical (unpaired) electrons. The molecule has 2 aromatic rings. The minimum Gasteiger partial charge on any atom is -0.453 e. The van der Waals surface area contributed by atoms with Gasteiger partial charge in [0.25, 0.3) is 0 Å². The molecule has 25 heavy (non-hydrogen) atoms. The lowest BCUT2D eigenvalue weighted by Crippen LogP contribution is -2.11. The monoisotopic (exact) mass is 359 g/mol. The van der Waals surface area contributed by atoms with Crippen molar-refractivity contribution < 1.29 is 13.2 Å². The normalized spacial score (nSPS) is 14.4. The van der Waals surface area contributed by atoms with Gasteiger partial charge in [0.05, 0.1) is 17.3 Å². The minimum atomic E-state index is -3.19. The molecule has 0 N–H and O–H groups in total. The first kappa shape index (κ1) is 17.5. The molecule has 0 aliphatic heterocycles. The Kier molecular flexibility index (Phi) is 4.33. The quantitative estimate of drug-likeness (QED) is 0.817. The summed E-state index contributed by atoms with van der Waals surface area (Å²) in [4.78, 5) is 0. The zero-order valence-electron chi connectivity index (χ0n) is 14.8. The van der Waals surface area contributed by atoms with Crippen molar-refractivity contribution in [1.82, 2.24) is 9.78 Å². The molecule has 0 amide bonds. The number of hydrogen-bond donors (Lipinski definition) is 0. The average molecular weight is 359 g/mol. The van der Waals surface area contributed by atoms with Crippen LogP contribution in [-0.4, -0.2) is 24.5 Å². The van der Waals surface area contributed by atoms with E-state index in [-0.39, 0.29) is 5.88 Å². The van der Waals surface area contributed by atoms with E-state index in [0.717, 1.165) is 29.7 Å². The lowest BCUT2D eigenvalue weighted by atomic mass is 10.0. The number of aryl methyl sites for hydroxylation is 2. The van der Waals surface area contributed by atoms with Crippen molar-refractivity contribution in [2.24, 2.45) is 0 Å². The SMILES string of the molecule is Cc1cc(Oc2c(C3CC3)nn(CS(C)(=O)=O)c2C)cc(C)c1C#N. The molecule has 0 spiro atoms. The summed E-state index contributed by atoms with van der Waals surface area (Å²) < 4.78 is 30.9. The van der Waals surface area contributed by atoms with E-state index in [1.807, 2.05) is 32.9 Å². The van der Waals surface area contributed by atoms with Gasteiger partial charge in [-0.1, -0.05) is 0 Å². The molecule has 6 nitrogen and oxygen atoms in total. The second kappa shape index (κ2) is 6.19. The molecule has 1 aliphatic carbocycles. The van der Waals surface area contributed by atoms with Gasteiger partial charge in [0.1, 0.15) is 17.3 Å². The summed E-state index contributed by atoms with van der Waals surface area (Å²) >= 11 is 0. The lowest BCUT2D eigenvalue weighted by molar-refractivity contribution is 0.470. The van der Waals surface area contributed by atoms with Crippen molar-refractivity contribution in [1.29, 1.82) is 5.26 Å².